The van der Waals surface area contributed by atoms with E-state index in [1.807, 2.05) is 0 Å². The Morgan fingerprint density at radius 3 is 2.00 bits per heavy atom. The lowest BCUT2D eigenvalue weighted by atomic mass is 10.0. The highest BCUT2D eigenvalue weighted by molar-refractivity contribution is 5.95. The maximum absolute atomic E-state index is 12.5. The molecule has 1 aromatic rings. The van der Waals surface area contributed by atoms with Crippen LogP contribution in [0.3, 0.4) is 0 Å². The molecular formula is C20H29N5O8. The number of aliphatic hydroxyl groups is 1. The molecule has 0 fully saturated rings. The quantitative estimate of drug-likeness (QED) is 0.157. The molecule has 1 rings (SSSR count). The smallest absolute Gasteiger partial charge is 0.326 e. The fourth-order valence-electron chi connectivity index (χ4n) is 2.71. The molecule has 182 valence electrons. The number of rotatable bonds is 12. The van der Waals surface area contributed by atoms with Crippen LogP contribution in [0.1, 0.15) is 25.8 Å². The number of carbonyl (C=O) groups excluding carboxylic acids is 4. The van der Waals surface area contributed by atoms with Gasteiger partial charge in [-0.1, -0.05) is 12.1 Å². The van der Waals surface area contributed by atoms with E-state index in [1.165, 1.54) is 26.0 Å². The third kappa shape index (κ3) is 9.13. The van der Waals surface area contributed by atoms with Gasteiger partial charge in [0.2, 0.25) is 23.6 Å². The normalized spacial score (nSPS) is 15.3. The number of benzene rings is 1. The van der Waals surface area contributed by atoms with Crippen LogP contribution in [0.2, 0.25) is 0 Å². The first-order valence-electron chi connectivity index (χ1n) is 9.95. The number of phenolic OH excluding ortho intramolecular Hbond substituents is 1. The number of nitrogens with one attached hydrogen (secondary N) is 3. The Kier molecular flexibility index (Phi) is 10.2. The summed E-state index contributed by atoms with van der Waals surface area (Å²) in [5, 5.41) is 34.9. The van der Waals surface area contributed by atoms with Crippen LogP contribution in [0.5, 0.6) is 5.75 Å². The van der Waals surface area contributed by atoms with Crippen molar-refractivity contribution in [2.45, 2.75) is 57.0 Å². The number of nitrogens with two attached hydrogens (primary N) is 2. The minimum atomic E-state index is -1.58. The molecule has 0 spiro atoms. The molecule has 13 nitrogen and oxygen atoms in total. The maximum Gasteiger partial charge on any atom is 0.326 e. The van der Waals surface area contributed by atoms with Gasteiger partial charge in [-0.3, -0.25) is 19.2 Å². The second-order valence-electron chi connectivity index (χ2n) is 7.50. The van der Waals surface area contributed by atoms with Crippen LogP contribution in [0, 0.1) is 0 Å². The highest BCUT2D eigenvalue weighted by atomic mass is 16.4. The topological polar surface area (TPSA) is 234 Å². The van der Waals surface area contributed by atoms with Crippen LogP contribution in [-0.2, 0) is 30.4 Å². The second kappa shape index (κ2) is 12.4. The number of carbonyl (C=O) groups is 5. The fraction of sp³-hybridized carbons (Fsp3) is 0.450. The predicted octanol–water partition coefficient (Wildman–Crippen LogP) is -2.92. The molecule has 0 aliphatic carbocycles. The Morgan fingerprint density at radius 1 is 0.939 bits per heavy atom. The second-order valence-corrected chi connectivity index (χ2v) is 7.50. The van der Waals surface area contributed by atoms with E-state index in [2.05, 4.69) is 16.0 Å². The first-order chi connectivity index (χ1) is 15.3. The van der Waals surface area contributed by atoms with E-state index in [0.29, 0.717) is 5.56 Å². The number of aliphatic carboxylic acids is 1. The number of aliphatic hydroxyl groups excluding tert-OH is 1. The van der Waals surface area contributed by atoms with Gasteiger partial charge in [0.1, 0.15) is 23.9 Å². The molecule has 0 saturated heterocycles. The number of carboxylic acid groups (broad SMARTS) is 1. The van der Waals surface area contributed by atoms with E-state index in [0.717, 1.165) is 0 Å². The standard InChI is InChI=1S/C20H29N5O8/c1-9(17(29)24-14(20(32)33)8-15(22)28)23-19(31)16(10(2)26)25-18(30)13(21)7-11-3-5-12(27)6-4-11/h3-6,9-10,13-14,16,26-27H,7-8,21H2,1-2H3,(H2,22,28)(H,23,31)(H,24,29)(H,25,30)(H,32,33). The molecule has 0 heterocycles. The van der Waals surface area contributed by atoms with E-state index in [1.54, 1.807) is 12.1 Å². The van der Waals surface area contributed by atoms with Crippen molar-refractivity contribution in [2.24, 2.45) is 11.5 Å². The molecule has 0 aliphatic rings. The van der Waals surface area contributed by atoms with Crippen molar-refractivity contribution in [1.82, 2.24) is 16.0 Å². The Morgan fingerprint density at radius 2 is 1.52 bits per heavy atom. The summed E-state index contributed by atoms with van der Waals surface area (Å²) < 4.78 is 0. The maximum atomic E-state index is 12.5. The van der Waals surface area contributed by atoms with Gasteiger partial charge in [-0.05, 0) is 38.0 Å². The minimum Gasteiger partial charge on any atom is -0.508 e. The summed E-state index contributed by atoms with van der Waals surface area (Å²) in [5.41, 5.74) is 11.5. The van der Waals surface area contributed by atoms with Crippen LogP contribution in [-0.4, -0.2) is 75.2 Å². The van der Waals surface area contributed by atoms with E-state index >= 15 is 0 Å². The third-order valence-electron chi connectivity index (χ3n) is 4.56. The number of hydrogen-bond donors (Lipinski definition) is 8. The van der Waals surface area contributed by atoms with Crippen molar-refractivity contribution in [3.63, 3.8) is 0 Å². The van der Waals surface area contributed by atoms with Crippen LogP contribution in [0.15, 0.2) is 24.3 Å². The monoisotopic (exact) mass is 467 g/mol. The molecule has 1 aromatic carbocycles. The number of amides is 4. The first-order valence-corrected chi connectivity index (χ1v) is 9.95. The molecular weight excluding hydrogens is 438 g/mol. The van der Waals surface area contributed by atoms with Gasteiger partial charge in [0.25, 0.3) is 0 Å². The Bertz CT molecular complexity index is 874. The SMILES string of the molecule is CC(NC(=O)C(NC(=O)C(N)Cc1ccc(O)cc1)C(C)O)C(=O)NC(CC(N)=O)C(=O)O. The van der Waals surface area contributed by atoms with Crippen molar-refractivity contribution >= 4 is 29.6 Å². The lowest BCUT2D eigenvalue weighted by Gasteiger charge is -2.25. The Balaban J connectivity index is 2.74. The fourth-order valence-corrected chi connectivity index (χ4v) is 2.71. The molecule has 4 amide bonds. The van der Waals surface area contributed by atoms with Crippen LogP contribution >= 0.6 is 0 Å². The van der Waals surface area contributed by atoms with Crippen LogP contribution in [0.4, 0.5) is 0 Å². The Labute approximate surface area is 189 Å². The van der Waals surface area contributed by atoms with Gasteiger partial charge in [-0.2, -0.15) is 0 Å². The van der Waals surface area contributed by atoms with Gasteiger partial charge >= 0.3 is 5.97 Å². The zero-order valence-electron chi connectivity index (χ0n) is 18.1. The van der Waals surface area contributed by atoms with Gasteiger partial charge < -0.3 is 42.7 Å². The zero-order valence-corrected chi connectivity index (χ0v) is 18.1. The van der Waals surface area contributed by atoms with Crippen LogP contribution in [0.25, 0.3) is 0 Å². The third-order valence-corrected chi connectivity index (χ3v) is 4.56. The zero-order chi connectivity index (χ0) is 25.3. The van der Waals surface area contributed by atoms with Gasteiger partial charge in [0.05, 0.1) is 18.6 Å². The number of aromatic hydroxyl groups is 1. The van der Waals surface area contributed by atoms with E-state index in [4.69, 9.17) is 16.6 Å². The molecule has 0 bridgehead atoms. The van der Waals surface area contributed by atoms with Gasteiger partial charge in [-0.15, -0.1) is 0 Å². The van der Waals surface area contributed by atoms with E-state index in [9.17, 15) is 34.2 Å². The average Bonchev–Trinajstić information content (AvgIpc) is 2.71. The first kappa shape index (κ1) is 27.3. The van der Waals surface area contributed by atoms with Crippen molar-refractivity contribution in [3.05, 3.63) is 29.8 Å². The number of phenols is 1. The largest absolute Gasteiger partial charge is 0.508 e. The lowest BCUT2D eigenvalue weighted by molar-refractivity contribution is -0.143. The van der Waals surface area contributed by atoms with Gasteiger partial charge in [-0.25, -0.2) is 4.79 Å². The molecule has 0 radical (unpaired) electrons. The van der Waals surface area contributed by atoms with Crippen molar-refractivity contribution in [3.8, 4) is 5.75 Å². The predicted molar refractivity (Wildman–Crippen MR) is 114 cm³/mol. The van der Waals surface area contributed by atoms with Gasteiger partial charge in [0.15, 0.2) is 0 Å². The van der Waals surface area contributed by atoms with Crippen molar-refractivity contribution < 1.29 is 39.3 Å². The molecule has 13 heteroatoms. The minimum absolute atomic E-state index is 0.0464. The number of primary amides is 1. The molecule has 0 aliphatic heterocycles. The summed E-state index contributed by atoms with van der Waals surface area (Å²) in [4.78, 5) is 59.2. The Hall–Kier alpha value is -3.71. The number of hydrogen-bond acceptors (Lipinski definition) is 8. The lowest BCUT2D eigenvalue weighted by Crippen LogP contribution is -2.59. The molecule has 10 N–H and O–H groups in total. The average molecular weight is 467 g/mol. The van der Waals surface area contributed by atoms with Crippen molar-refractivity contribution in [1.29, 1.82) is 0 Å². The summed E-state index contributed by atoms with van der Waals surface area (Å²) in [5.74, 6) is -4.97. The van der Waals surface area contributed by atoms with Crippen LogP contribution < -0.4 is 27.4 Å². The highest BCUT2D eigenvalue weighted by Gasteiger charge is 2.31. The molecule has 33 heavy (non-hydrogen) atoms. The summed E-state index contributed by atoms with van der Waals surface area (Å²) in [6.45, 7) is 2.49. The number of carboxylic acids is 1. The molecule has 5 unspecified atom stereocenters. The summed E-state index contributed by atoms with van der Waals surface area (Å²) in [6.07, 6.45) is -1.91. The summed E-state index contributed by atoms with van der Waals surface area (Å²) in [6, 6.07) is 0.617. The highest BCUT2D eigenvalue weighted by Crippen LogP contribution is 2.11. The summed E-state index contributed by atoms with van der Waals surface area (Å²) in [7, 11) is 0. The van der Waals surface area contributed by atoms with Crippen molar-refractivity contribution in [2.75, 3.05) is 0 Å². The molecule has 0 saturated carbocycles. The molecule has 5 atom stereocenters. The van der Waals surface area contributed by atoms with Gasteiger partial charge in [0, 0.05) is 0 Å². The molecule has 0 aromatic heterocycles. The van der Waals surface area contributed by atoms with E-state index in [-0.39, 0.29) is 12.2 Å². The van der Waals surface area contributed by atoms with E-state index < -0.39 is 66.3 Å². The summed E-state index contributed by atoms with van der Waals surface area (Å²) >= 11 is 0.